The van der Waals surface area contributed by atoms with Crippen LogP contribution in [-0.2, 0) is 25.2 Å². The molecule has 0 radical (unpaired) electrons. The first-order chi connectivity index (χ1) is 24.6. The number of hydrogen-bond donors (Lipinski definition) is 0. The third-order valence-corrected chi connectivity index (χ3v) is 11.7. The Kier molecular flexibility index (Phi) is 10.7. The third kappa shape index (κ3) is 6.67. The van der Waals surface area contributed by atoms with Crippen molar-refractivity contribution in [2.24, 2.45) is 0 Å². The van der Waals surface area contributed by atoms with E-state index in [9.17, 15) is 13.2 Å². The first-order valence-corrected chi connectivity index (χ1v) is 18.7. The zero-order chi connectivity index (χ0) is 36.3. The van der Waals surface area contributed by atoms with E-state index < -0.39 is 27.6 Å². The average molecular weight is 723 g/mol. The van der Waals surface area contributed by atoms with Crippen molar-refractivity contribution in [2.75, 3.05) is 78.6 Å². The van der Waals surface area contributed by atoms with Gasteiger partial charge in [-0.1, -0.05) is 25.1 Å². The van der Waals surface area contributed by atoms with Crippen LogP contribution < -0.4 is 23.3 Å². The number of carbonyl (C=O) groups is 2. The van der Waals surface area contributed by atoms with E-state index in [-0.39, 0.29) is 33.2 Å². The minimum absolute atomic E-state index is 0.00357. The largest absolute Gasteiger partial charge is 0.497 e. The first-order valence-electron chi connectivity index (χ1n) is 17.2. The highest BCUT2D eigenvalue weighted by Gasteiger charge is 2.61. The lowest BCUT2D eigenvalue weighted by atomic mass is 9.86. The number of piperazine rings is 1. The summed E-state index contributed by atoms with van der Waals surface area (Å²) in [6.45, 7) is 6.40. The van der Waals surface area contributed by atoms with Gasteiger partial charge in [0.1, 0.15) is 27.9 Å². The number of ether oxygens (including phenoxy) is 5. The van der Waals surface area contributed by atoms with E-state index in [1.807, 2.05) is 6.92 Å². The van der Waals surface area contributed by atoms with Crippen LogP contribution in [-0.4, -0.2) is 115 Å². The predicted molar refractivity (Wildman–Crippen MR) is 190 cm³/mol. The highest BCUT2D eigenvalue weighted by atomic mass is 32.2. The van der Waals surface area contributed by atoms with E-state index in [1.54, 1.807) is 35.2 Å². The highest BCUT2D eigenvalue weighted by Crippen LogP contribution is 2.53. The van der Waals surface area contributed by atoms with Crippen molar-refractivity contribution in [2.45, 2.75) is 42.7 Å². The summed E-state index contributed by atoms with van der Waals surface area (Å²) in [5.74, 6) is -0.0511. The summed E-state index contributed by atoms with van der Waals surface area (Å²) >= 11 is 0. The lowest BCUT2D eigenvalue weighted by molar-refractivity contribution is -0.132. The van der Waals surface area contributed by atoms with Crippen molar-refractivity contribution in [1.82, 2.24) is 14.7 Å². The van der Waals surface area contributed by atoms with Crippen molar-refractivity contribution in [3.8, 4) is 23.0 Å². The summed E-state index contributed by atoms with van der Waals surface area (Å²) in [5.41, 5.74) is -1.95. The summed E-state index contributed by atoms with van der Waals surface area (Å²) in [5, 5.41) is 0. The number of piperidine rings is 1. The van der Waals surface area contributed by atoms with Crippen LogP contribution in [0.4, 0.5) is 10.5 Å². The maximum atomic E-state index is 15.2. The molecular weight excluding hydrogens is 676 g/mol. The molecule has 0 saturated carbocycles. The molecule has 3 aromatic rings. The lowest BCUT2D eigenvalue weighted by Gasteiger charge is -2.42. The number of benzene rings is 3. The third-order valence-electron chi connectivity index (χ3n) is 9.92. The van der Waals surface area contributed by atoms with Crippen molar-refractivity contribution in [3.05, 3.63) is 71.8 Å². The van der Waals surface area contributed by atoms with Gasteiger partial charge in [-0.05, 0) is 75.8 Å². The second kappa shape index (κ2) is 15.0. The summed E-state index contributed by atoms with van der Waals surface area (Å²) in [6, 6.07) is 16.0. The molecule has 6 rings (SSSR count). The maximum absolute atomic E-state index is 15.2. The minimum Gasteiger partial charge on any atom is -0.497 e. The molecule has 51 heavy (non-hydrogen) atoms. The molecule has 1 unspecified atom stereocenters. The fraction of sp³-hybridized carbons (Fsp3) is 0.459. The Morgan fingerprint density at radius 3 is 2.16 bits per heavy atom. The van der Waals surface area contributed by atoms with E-state index in [2.05, 4.69) is 16.8 Å². The molecule has 3 aliphatic heterocycles. The van der Waals surface area contributed by atoms with E-state index in [4.69, 9.17) is 23.7 Å². The van der Waals surface area contributed by atoms with E-state index >= 15 is 4.79 Å². The summed E-state index contributed by atoms with van der Waals surface area (Å²) < 4.78 is 58.9. The van der Waals surface area contributed by atoms with Gasteiger partial charge < -0.3 is 33.5 Å². The van der Waals surface area contributed by atoms with E-state index in [1.165, 1.54) is 51.7 Å². The Morgan fingerprint density at radius 2 is 1.49 bits per heavy atom. The molecule has 0 N–H and O–H groups in total. The summed E-state index contributed by atoms with van der Waals surface area (Å²) in [7, 11) is 1.70. The van der Waals surface area contributed by atoms with Crippen molar-refractivity contribution in [3.63, 3.8) is 0 Å². The Bertz CT molecular complexity index is 1860. The number of sulfonamides is 1. The van der Waals surface area contributed by atoms with Crippen molar-refractivity contribution in [1.29, 1.82) is 0 Å². The molecule has 3 heterocycles. The Labute approximate surface area is 299 Å². The van der Waals surface area contributed by atoms with Crippen LogP contribution in [0.5, 0.6) is 23.0 Å². The second-order valence-electron chi connectivity index (χ2n) is 12.9. The van der Waals surface area contributed by atoms with Gasteiger partial charge in [-0.3, -0.25) is 9.69 Å². The second-order valence-corrected chi connectivity index (χ2v) is 14.7. The zero-order valence-corrected chi connectivity index (χ0v) is 30.6. The van der Waals surface area contributed by atoms with Gasteiger partial charge in [0, 0.05) is 43.9 Å². The molecule has 0 bridgehead atoms. The maximum Gasteiger partial charge on any atom is 0.411 e. The SMILES string of the molecule is CCCOc1ccccc1C1(OC(=O)N2CCN(C3CCN(C)CC3)CC2)C(=O)N(S(=O)(=O)c2ccc(OC)cc2OC)c2ccc(OC)cc21. The van der Waals surface area contributed by atoms with E-state index in [0.29, 0.717) is 61.1 Å². The van der Waals surface area contributed by atoms with Gasteiger partial charge in [-0.25, -0.2) is 13.2 Å². The highest BCUT2D eigenvalue weighted by molar-refractivity contribution is 7.93. The molecule has 3 aliphatic rings. The monoisotopic (exact) mass is 722 g/mol. The zero-order valence-electron chi connectivity index (χ0n) is 29.8. The number of para-hydroxylation sites is 1. The average Bonchev–Trinajstić information content (AvgIpc) is 3.41. The molecule has 0 aliphatic carbocycles. The molecule has 0 aromatic heterocycles. The van der Waals surface area contributed by atoms with Gasteiger partial charge >= 0.3 is 6.09 Å². The topological polar surface area (TPSA) is 127 Å². The molecular formula is C37H46N4O9S. The van der Waals surface area contributed by atoms with Gasteiger partial charge in [-0.15, -0.1) is 0 Å². The fourth-order valence-corrected chi connectivity index (χ4v) is 8.73. The molecule has 3 aromatic carbocycles. The number of likely N-dealkylation sites (tertiary alicyclic amines) is 1. The number of rotatable bonds is 11. The number of carbonyl (C=O) groups excluding carboxylic acids is 2. The van der Waals surface area contributed by atoms with Crippen LogP contribution in [0.15, 0.2) is 65.6 Å². The standard InChI is InChI=1S/C37H46N4O9S/c1-6-23-49-32-10-8-7-9-29(32)37(50-36(43)40-21-19-39(20-22-40)26-15-17-38(2)18-16-26)30-24-27(46-3)11-13-31(30)41(35(37)42)51(44,45)34-14-12-28(47-4)25-33(34)48-5/h7-14,24-26H,6,15-23H2,1-5H3. The van der Waals surface area contributed by atoms with Crippen LogP contribution in [0, 0.1) is 0 Å². The fourth-order valence-electron chi connectivity index (χ4n) is 7.13. The lowest BCUT2D eigenvalue weighted by Crippen LogP contribution is -2.55. The molecule has 274 valence electrons. The normalized spacial score (nSPS) is 20.2. The number of anilines is 1. The number of methoxy groups -OCH3 is 3. The van der Waals surface area contributed by atoms with Crippen LogP contribution in [0.25, 0.3) is 0 Å². The van der Waals surface area contributed by atoms with Gasteiger partial charge in [0.2, 0.25) is 5.60 Å². The number of amides is 2. The first kappa shape index (κ1) is 36.3. The quantitative estimate of drug-likeness (QED) is 0.281. The molecule has 2 saturated heterocycles. The number of fused-ring (bicyclic) bond motifs is 1. The summed E-state index contributed by atoms with van der Waals surface area (Å²) in [4.78, 5) is 35.6. The number of hydrogen-bond acceptors (Lipinski definition) is 11. The van der Waals surface area contributed by atoms with Crippen LogP contribution in [0.3, 0.4) is 0 Å². The predicted octanol–water partition coefficient (Wildman–Crippen LogP) is 4.33. The van der Waals surface area contributed by atoms with Crippen LogP contribution in [0.1, 0.15) is 37.3 Å². The molecule has 14 heteroatoms. The van der Waals surface area contributed by atoms with Crippen molar-refractivity contribution < 1.29 is 41.7 Å². The Balaban J connectivity index is 1.45. The molecule has 2 amide bonds. The van der Waals surface area contributed by atoms with Gasteiger partial charge in [0.15, 0.2) is 0 Å². The van der Waals surface area contributed by atoms with Gasteiger partial charge in [-0.2, -0.15) is 4.31 Å². The molecule has 0 spiro atoms. The van der Waals surface area contributed by atoms with Gasteiger partial charge in [0.05, 0.1) is 39.2 Å². The summed E-state index contributed by atoms with van der Waals surface area (Å²) in [6.07, 6.45) is 2.05. The van der Waals surface area contributed by atoms with Gasteiger partial charge in [0.25, 0.3) is 15.9 Å². The molecule has 2 fully saturated rings. The smallest absolute Gasteiger partial charge is 0.411 e. The molecule has 13 nitrogen and oxygen atoms in total. The number of nitrogens with zero attached hydrogens (tertiary/aromatic N) is 4. The van der Waals surface area contributed by atoms with Crippen LogP contribution >= 0.6 is 0 Å². The Morgan fingerprint density at radius 1 is 0.824 bits per heavy atom. The van der Waals surface area contributed by atoms with Crippen molar-refractivity contribution >= 4 is 27.7 Å². The Hall–Kier alpha value is -4.53. The minimum atomic E-state index is -4.68. The molecule has 1 atom stereocenters. The van der Waals surface area contributed by atoms with Crippen LogP contribution in [0.2, 0.25) is 0 Å². The van der Waals surface area contributed by atoms with E-state index in [0.717, 1.165) is 25.9 Å².